The molecule has 0 bridgehead atoms. The smallest absolute Gasteiger partial charge is 0.224 e. The molecule has 2 N–H and O–H groups in total. The van der Waals surface area contributed by atoms with Crippen LogP contribution in [0.15, 0.2) is 0 Å². The zero-order chi connectivity index (χ0) is 13.4. The maximum Gasteiger partial charge on any atom is 0.224 e. The van der Waals surface area contributed by atoms with E-state index in [9.17, 15) is 4.79 Å². The highest BCUT2D eigenvalue weighted by Crippen LogP contribution is 2.10. The van der Waals surface area contributed by atoms with Crippen molar-refractivity contribution in [1.82, 2.24) is 9.80 Å². The van der Waals surface area contributed by atoms with Crippen LogP contribution in [0.1, 0.15) is 40.5 Å². The second-order valence-electron chi connectivity index (χ2n) is 4.58. The first kappa shape index (κ1) is 16.4. The summed E-state index contributed by atoms with van der Waals surface area (Å²) in [6.45, 7) is 10.4. The van der Waals surface area contributed by atoms with E-state index in [1.54, 1.807) is 0 Å². The zero-order valence-electron chi connectivity index (χ0n) is 12.1. The number of nitrogens with zero attached hydrogens (tertiary/aromatic N) is 2. The van der Waals surface area contributed by atoms with Crippen LogP contribution < -0.4 is 5.73 Å². The lowest BCUT2D eigenvalue weighted by Gasteiger charge is -2.32. The summed E-state index contributed by atoms with van der Waals surface area (Å²) in [5.41, 5.74) is 5.79. The molecule has 2 unspecified atom stereocenters. The van der Waals surface area contributed by atoms with E-state index in [-0.39, 0.29) is 11.9 Å². The second kappa shape index (κ2) is 8.48. The fourth-order valence-corrected chi connectivity index (χ4v) is 1.95. The molecule has 0 aromatic heterocycles. The fraction of sp³-hybridized carbons (Fsp3) is 0.923. The molecule has 0 saturated carbocycles. The highest BCUT2D eigenvalue weighted by molar-refractivity contribution is 5.76. The Hall–Kier alpha value is -0.610. The van der Waals surface area contributed by atoms with Crippen LogP contribution in [-0.2, 0) is 4.79 Å². The van der Waals surface area contributed by atoms with Crippen LogP contribution in [0.4, 0.5) is 0 Å². The van der Waals surface area contributed by atoms with Crippen molar-refractivity contribution in [3.8, 4) is 0 Å². The third-order valence-corrected chi connectivity index (χ3v) is 3.66. The molecule has 0 aliphatic heterocycles. The molecule has 0 aliphatic rings. The predicted molar refractivity (Wildman–Crippen MR) is 72.9 cm³/mol. The highest BCUT2D eigenvalue weighted by atomic mass is 16.2. The molecule has 2 atom stereocenters. The number of rotatable bonds is 8. The van der Waals surface area contributed by atoms with Crippen molar-refractivity contribution in [1.29, 1.82) is 0 Å². The predicted octanol–water partition coefficient (Wildman–Crippen LogP) is 1.30. The number of carbonyl (C=O) groups excluding carboxylic acids is 1. The minimum Gasteiger partial charge on any atom is -0.343 e. The van der Waals surface area contributed by atoms with Crippen LogP contribution in [-0.4, -0.2) is 54.5 Å². The van der Waals surface area contributed by atoms with Gasteiger partial charge < -0.3 is 10.6 Å². The molecule has 1 amide bonds. The van der Waals surface area contributed by atoms with E-state index in [1.165, 1.54) is 0 Å². The molecular formula is C13H29N3O. The minimum atomic E-state index is 0.151. The van der Waals surface area contributed by atoms with Gasteiger partial charge in [0.1, 0.15) is 0 Å². The van der Waals surface area contributed by atoms with Crippen molar-refractivity contribution < 1.29 is 4.79 Å². The van der Waals surface area contributed by atoms with Gasteiger partial charge in [-0.15, -0.1) is 0 Å². The van der Waals surface area contributed by atoms with Gasteiger partial charge in [0.2, 0.25) is 5.91 Å². The molecule has 0 spiro atoms. The molecule has 17 heavy (non-hydrogen) atoms. The molecule has 0 rings (SSSR count). The number of likely N-dealkylation sites (N-methyl/N-ethyl adjacent to an activating group) is 1. The normalized spacial score (nSPS) is 14.8. The van der Waals surface area contributed by atoms with Crippen molar-refractivity contribution in [3.05, 3.63) is 0 Å². The summed E-state index contributed by atoms with van der Waals surface area (Å²) in [6, 6.07) is 0.617. The van der Waals surface area contributed by atoms with Crippen LogP contribution in [0.3, 0.4) is 0 Å². The van der Waals surface area contributed by atoms with E-state index in [0.717, 1.165) is 19.5 Å². The minimum absolute atomic E-state index is 0.151. The standard InChI is InChI=1S/C13H29N3O/c1-6-11(4)15(5)12(10-14)9-13(17)16(7-2)8-3/h11-12H,6-10,14H2,1-5H3. The molecule has 0 saturated heterocycles. The van der Waals surface area contributed by atoms with E-state index in [4.69, 9.17) is 5.73 Å². The summed E-state index contributed by atoms with van der Waals surface area (Å²) < 4.78 is 0. The highest BCUT2D eigenvalue weighted by Gasteiger charge is 2.22. The van der Waals surface area contributed by atoms with Gasteiger partial charge in [0.05, 0.1) is 0 Å². The molecule has 0 aliphatic carbocycles. The Morgan fingerprint density at radius 3 is 2.12 bits per heavy atom. The Morgan fingerprint density at radius 2 is 1.76 bits per heavy atom. The van der Waals surface area contributed by atoms with Crippen LogP contribution in [0.25, 0.3) is 0 Å². The molecule has 0 radical (unpaired) electrons. The SMILES string of the molecule is CCC(C)N(C)C(CN)CC(=O)N(CC)CC. The molecule has 0 fully saturated rings. The maximum atomic E-state index is 12.0. The third-order valence-electron chi connectivity index (χ3n) is 3.66. The Labute approximate surface area is 106 Å². The van der Waals surface area contributed by atoms with Crippen LogP contribution in [0, 0.1) is 0 Å². The summed E-state index contributed by atoms with van der Waals surface area (Å²) in [4.78, 5) is 16.1. The topological polar surface area (TPSA) is 49.6 Å². The Bertz CT molecular complexity index is 217. The summed E-state index contributed by atoms with van der Waals surface area (Å²) in [6.07, 6.45) is 1.60. The van der Waals surface area contributed by atoms with Gasteiger partial charge in [-0.3, -0.25) is 9.69 Å². The van der Waals surface area contributed by atoms with Crippen molar-refractivity contribution >= 4 is 5.91 Å². The van der Waals surface area contributed by atoms with E-state index in [1.807, 2.05) is 18.7 Å². The van der Waals surface area contributed by atoms with Crippen molar-refractivity contribution in [3.63, 3.8) is 0 Å². The third kappa shape index (κ3) is 5.04. The van der Waals surface area contributed by atoms with Gasteiger partial charge in [0.15, 0.2) is 0 Å². The lowest BCUT2D eigenvalue weighted by Crippen LogP contribution is -2.46. The van der Waals surface area contributed by atoms with Crippen molar-refractivity contribution in [2.24, 2.45) is 5.73 Å². The summed E-state index contributed by atoms with van der Waals surface area (Å²) in [5.74, 6) is 0.209. The van der Waals surface area contributed by atoms with Gasteiger partial charge in [0, 0.05) is 38.1 Å². The van der Waals surface area contributed by atoms with Gasteiger partial charge in [-0.1, -0.05) is 6.92 Å². The quantitative estimate of drug-likeness (QED) is 0.699. The fourth-order valence-electron chi connectivity index (χ4n) is 1.95. The van der Waals surface area contributed by atoms with Crippen LogP contribution >= 0.6 is 0 Å². The summed E-state index contributed by atoms with van der Waals surface area (Å²) in [7, 11) is 2.06. The lowest BCUT2D eigenvalue weighted by atomic mass is 10.1. The first-order valence-electron chi connectivity index (χ1n) is 6.71. The average molecular weight is 243 g/mol. The molecule has 0 aromatic carbocycles. The van der Waals surface area contributed by atoms with Crippen LogP contribution in [0.2, 0.25) is 0 Å². The Balaban J connectivity index is 4.43. The number of hydrogen-bond donors (Lipinski definition) is 1. The summed E-state index contributed by atoms with van der Waals surface area (Å²) >= 11 is 0. The van der Waals surface area contributed by atoms with E-state index in [0.29, 0.717) is 19.0 Å². The molecule has 4 heteroatoms. The van der Waals surface area contributed by atoms with Crippen molar-refractivity contribution in [2.45, 2.75) is 52.6 Å². The van der Waals surface area contributed by atoms with Gasteiger partial charge in [-0.2, -0.15) is 0 Å². The summed E-state index contributed by atoms with van der Waals surface area (Å²) in [5, 5.41) is 0. The number of nitrogens with two attached hydrogens (primary N) is 1. The van der Waals surface area contributed by atoms with Crippen LogP contribution in [0.5, 0.6) is 0 Å². The van der Waals surface area contributed by atoms with E-state index < -0.39 is 0 Å². The van der Waals surface area contributed by atoms with Gasteiger partial charge in [-0.05, 0) is 34.2 Å². The number of amides is 1. The molecule has 4 nitrogen and oxygen atoms in total. The first-order valence-corrected chi connectivity index (χ1v) is 6.71. The lowest BCUT2D eigenvalue weighted by molar-refractivity contribution is -0.132. The monoisotopic (exact) mass is 243 g/mol. The maximum absolute atomic E-state index is 12.0. The van der Waals surface area contributed by atoms with E-state index in [2.05, 4.69) is 25.8 Å². The van der Waals surface area contributed by atoms with E-state index >= 15 is 0 Å². The second-order valence-corrected chi connectivity index (χ2v) is 4.58. The average Bonchev–Trinajstić information content (AvgIpc) is 2.35. The first-order chi connectivity index (χ1) is 8.01. The zero-order valence-corrected chi connectivity index (χ0v) is 12.1. The molecule has 0 aromatic rings. The largest absolute Gasteiger partial charge is 0.343 e. The van der Waals surface area contributed by atoms with Crippen molar-refractivity contribution in [2.75, 3.05) is 26.7 Å². The van der Waals surface area contributed by atoms with Gasteiger partial charge in [0.25, 0.3) is 0 Å². The Morgan fingerprint density at radius 1 is 1.24 bits per heavy atom. The molecule has 102 valence electrons. The number of carbonyl (C=O) groups is 1. The molecule has 0 heterocycles. The Kier molecular flexibility index (Phi) is 8.17. The molecular weight excluding hydrogens is 214 g/mol. The number of hydrogen-bond acceptors (Lipinski definition) is 3. The van der Waals surface area contributed by atoms with Gasteiger partial charge >= 0.3 is 0 Å². The van der Waals surface area contributed by atoms with Gasteiger partial charge in [-0.25, -0.2) is 0 Å².